The maximum Gasteiger partial charge on any atom is -0.144 e. The second-order valence-electron chi connectivity index (χ2n) is 12.2. The normalized spacial score (nSPS) is 12.6. The van der Waals surface area contributed by atoms with E-state index in [2.05, 4.69) is 105 Å². The van der Waals surface area contributed by atoms with Crippen LogP contribution in [0.1, 0.15) is 83.1 Å². The number of hydrogen-bond donors (Lipinski definition) is 0. The van der Waals surface area contributed by atoms with Crippen LogP contribution < -0.4 is 0 Å². The average Bonchev–Trinajstić information content (AvgIpc) is 2.67. The molecule has 0 aliphatic heterocycles. The van der Waals surface area contributed by atoms with Crippen molar-refractivity contribution in [1.29, 1.82) is 0 Å². The molecule has 0 fully saturated rings. The van der Waals surface area contributed by atoms with Gasteiger partial charge in [-0.2, -0.15) is 48.5 Å². The van der Waals surface area contributed by atoms with E-state index in [0.29, 0.717) is 20.6 Å². The molecule has 0 amide bonds. The molecular weight excluding hydrogens is 549 g/mol. The number of hydrogen-bond acceptors (Lipinski definition) is 0. The van der Waals surface area contributed by atoms with Crippen molar-refractivity contribution in [3.63, 3.8) is 0 Å². The van der Waals surface area contributed by atoms with Crippen LogP contribution in [-0.4, -0.2) is 26.5 Å². The molecule has 2 aromatic carbocycles. The molecule has 4 heteroatoms. The first kappa shape index (κ1) is 33.2. The van der Waals surface area contributed by atoms with Gasteiger partial charge in [0.25, 0.3) is 0 Å². The van der Waals surface area contributed by atoms with E-state index in [1.807, 2.05) is 65.8 Å². The molecule has 0 unspecified atom stereocenters. The summed E-state index contributed by atoms with van der Waals surface area (Å²) in [5.41, 5.74) is 2.19. The molecule has 2 aromatic rings. The molecule has 0 aromatic heterocycles. The third kappa shape index (κ3) is 12.7. The summed E-state index contributed by atoms with van der Waals surface area (Å²) in [5, 5.41) is 1.80. The van der Waals surface area contributed by atoms with Gasteiger partial charge in [-0.05, 0) is 26.5 Å². The van der Waals surface area contributed by atoms with Crippen molar-refractivity contribution >= 4 is 25.5 Å². The van der Waals surface area contributed by atoms with E-state index in [1.165, 1.54) is 5.90 Å². The Morgan fingerprint density at radius 3 is 1.03 bits per heavy atom. The quantitative estimate of drug-likeness (QED) is 0.188. The molecule has 0 heterocycles. The van der Waals surface area contributed by atoms with E-state index < -0.39 is 0 Å². The van der Waals surface area contributed by atoms with Gasteiger partial charge < -0.3 is 0 Å². The fourth-order valence-electron chi connectivity index (χ4n) is 4.12. The Kier molecular flexibility index (Phi) is 14.2. The summed E-state index contributed by atoms with van der Waals surface area (Å²) in [5.74, 6) is 1.45. The zero-order valence-electron chi connectivity index (χ0n) is 22.9. The minimum Gasteiger partial charge on any atom is -0.226 e. The first-order valence-corrected chi connectivity index (χ1v) is 16.7. The zero-order chi connectivity index (χ0) is 26.1. The molecule has 0 saturated heterocycles. The van der Waals surface area contributed by atoms with Gasteiger partial charge in [-0.1, -0.05) is 98.9 Å². The Morgan fingerprint density at radius 1 is 0.576 bits per heavy atom. The van der Waals surface area contributed by atoms with Crippen molar-refractivity contribution in [2.45, 2.75) is 104 Å². The van der Waals surface area contributed by atoms with E-state index in [0.717, 1.165) is 11.1 Å². The molecule has 188 valence electrons. The second-order valence-corrected chi connectivity index (χ2v) is 20.4. The molecule has 0 aliphatic carbocycles. The van der Waals surface area contributed by atoms with Crippen LogP contribution in [0.2, 0.25) is 0 Å². The zero-order valence-corrected chi connectivity index (χ0v) is 27.1. The van der Waals surface area contributed by atoms with E-state index in [9.17, 15) is 0 Å². The van der Waals surface area contributed by atoms with Crippen molar-refractivity contribution < 1.29 is 17.3 Å². The first-order chi connectivity index (χ1) is 14.9. The Balaban J connectivity index is 0.000000620. The fraction of sp³-hybridized carbons (Fsp3) is 0.586. The molecule has 0 nitrogen and oxygen atoms in total. The van der Waals surface area contributed by atoms with E-state index in [-0.39, 0.29) is 15.8 Å². The molecule has 0 saturated carbocycles. The largest absolute Gasteiger partial charge is 0.226 e. The van der Waals surface area contributed by atoms with Crippen LogP contribution in [0.5, 0.6) is 0 Å². The third-order valence-electron chi connectivity index (χ3n) is 5.23. The molecule has 0 spiro atoms. The molecule has 33 heavy (non-hydrogen) atoms. The van der Waals surface area contributed by atoms with Crippen molar-refractivity contribution in [3.8, 4) is 11.1 Å². The first-order valence-electron chi connectivity index (χ1n) is 11.6. The van der Waals surface area contributed by atoms with Crippen LogP contribution in [-0.2, 0) is 17.3 Å². The molecule has 0 radical (unpaired) electrons. The summed E-state index contributed by atoms with van der Waals surface area (Å²) in [6.45, 7) is 29.4. The van der Waals surface area contributed by atoms with Crippen molar-refractivity contribution in [2.75, 3.05) is 5.90 Å². The molecule has 2 rings (SSSR count). The van der Waals surface area contributed by atoms with Crippen LogP contribution in [0, 0.1) is 12.1 Å². The molecule has 0 atom stereocenters. The monoisotopic (exact) mass is 594 g/mol. The van der Waals surface area contributed by atoms with Crippen molar-refractivity contribution in [1.82, 2.24) is 0 Å². The van der Waals surface area contributed by atoms with Crippen molar-refractivity contribution in [2.24, 2.45) is 0 Å². The van der Waals surface area contributed by atoms with E-state index in [4.69, 9.17) is 0 Å². The van der Waals surface area contributed by atoms with Gasteiger partial charge in [0.05, 0.1) is 0 Å². The van der Waals surface area contributed by atoms with E-state index in [1.54, 1.807) is 0 Å². The van der Waals surface area contributed by atoms with Gasteiger partial charge in [-0.25, -0.2) is 11.1 Å². The molecule has 0 bridgehead atoms. The second kappa shape index (κ2) is 14.1. The van der Waals surface area contributed by atoms with Gasteiger partial charge in [0.15, 0.2) is 0 Å². The van der Waals surface area contributed by atoms with Crippen LogP contribution in [0.15, 0.2) is 48.5 Å². The Hall–Kier alpha value is 0.213. The predicted molar refractivity (Wildman–Crippen MR) is 153 cm³/mol. The molecule has 0 aliphatic rings. The Bertz CT molecular complexity index is 668. The van der Waals surface area contributed by atoms with Crippen molar-refractivity contribution in [3.05, 3.63) is 60.7 Å². The fourth-order valence-corrected chi connectivity index (χ4v) is 16.1. The van der Waals surface area contributed by atoms with Crippen LogP contribution in [0.3, 0.4) is 0 Å². The number of halogens is 1. The SMILES string of the molecule is CC(C)(C)P(CP(C(C)(C)C)C(C)(C)C)C(C)(C)C.[Cl][Rh+2].[c-]1ccccc1-c1[c-]cccc1. The number of benzene rings is 2. The van der Waals surface area contributed by atoms with Crippen LogP contribution in [0.4, 0.5) is 0 Å². The summed E-state index contributed by atoms with van der Waals surface area (Å²) in [6, 6.07) is 22.1. The summed E-state index contributed by atoms with van der Waals surface area (Å²) in [4.78, 5) is 0. The Labute approximate surface area is 223 Å². The predicted octanol–water partition coefficient (Wildman–Crippen LogP) is 10.7. The average molecular weight is 595 g/mol. The van der Waals surface area contributed by atoms with Gasteiger partial charge in [0, 0.05) is 0 Å². The minimum absolute atomic E-state index is 0.0181. The van der Waals surface area contributed by atoms with E-state index >= 15 is 0 Å². The summed E-state index contributed by atoms with van der Waals surface area (Å²) < 4.78 is 0. The van der Waals surface area contributed by atoms with Gasteiger partial charge in [-0.3, -0.25) is 0 Å². The van der Waals surface area contributed by atoms with Crippen LogP contribution in [0.25, 0.3) is 11.1 Å². The third-order valence-corrected chi connectivity index (χ3v) is 14.0. The standard InChI is InChI=1S/C17H38P2.C12H8.ClH.Rh/c1-14(2,3)18(15(4,5)6)13-19(16(7,8)9)17(10,11)12;1-3-7-11(8-4-1)12-9-5-2-6-10-12;;/h13H2,1-12H3;1-7,9H;1H;/q;-2;;+3/p-1. The maximum absolute atomic E-state index is 4.53. The maximum atomic E-state index is 4.53. The summed E-state index contributed by atoms with van der Waals surface area (Å²) >= 11 is 2.02. The minimum atomic E-state index is 0.0181. The van der Waals surface area contributed by atoms with Gasteiger partial charge in [0.2, 0.25) is 0 Å². The topological polar surface area (TPSA) is 0 Å². The molecule has 0 N–H and O–H groups in total. The number of rotatable bonds is 3. The summed E-state index contributed by atoms with van der Waals surface area (Å²) in [7, 11) is 4.57. The summed E-state index contributed by atoms with van der Waals surface area (Å²) in [6.07, 6.45) is 0. The smallest absolute Gasteiger partial charge is 0.144 e. The van der Waals surface area contributed by atoms with Gasteiger partial charge >= 0.3 is 27.0 Å². The Morgan fingerprint density at radius 2 is 0.848 bits per heavy atom. The van der Waals surface area contributed by atoms with Gasteiger partial charge in [0.1, 0.15) is 0 Å². The van der Waals surface area contributed by atoms with Gasteiger partial charge in [-0.15, -0.1) is 12.1 Å². The van der Waals surface area contributed by atoms with Crippen LogP contribution >= 0.6 is 25.5 Å². The molecular formula is C29H46ClP2Rh.